The molecule has 0 aliphatic carbocycles. The largest absolute Gasteiger partial charge is 0.497 e. The Balaban J connectivity index is 1.39. The zero-order chi connectivity index (χ0) is 23.9. The van der Waals surface area contributed by atoms with Crippen LogP contribution in [0.2, 0.25) is 0 Å². The van der Waals surface area contributed by atoms with Crippen LogP contribution in [0.25, 0.3) is 22.6 Å². The highest BCUT2D eigenvalue weighted by molar-refractivity contribution is 7.80. The summed E-state index contributed by atoms with van der Waals surface area (Å²) >= 11 is 5.32. The number of ether oxygens (including phenoxy) is 2. The SMILES string of the molecule is CCCCOc1ccc(C(=O)NC(=S)Nc2ccc3oc(-c4cccc(OC)c4)nc3c2)cc1. The smallest absolute Gasteiger partial charge is 0.257 e. The maximum Gasteiger partial charge on any atom is 0.257 e. The number of unbranched alkanes of at least 4 members (excludes halogenated alkanes) is 1. The Morgan fingerprint density at radius 2 is 1.88 bits per heavy atom. The highest BCUT2D eigenvalue weighted by Gasteiger charge is 2.12. The van der Waals surface area contributed by atoms with E-state index in [4.69, 9.17) is 26.1 Å². The number of nitrogens with zero attached hydrogens (tertiary/aromatic N) is 1. The van der Waals surface area contributed by atoms with Gasteiger partial charge in [0.1, 0.15) is 17.0 Å². The van der Waals surface area contributed by atoms with Gasteiger partial charge in [0.15, 0.2) is 10.7 Å². The van der Waals surface area contributed by atoms with Crippen LogP contribution in [-0.2, 0) is 0 Å². The van der Waals surface area contributed by atoms with E-state index in [0.717, 1.165) is 29.9 Å². The topological polar surface area (TPSA) is 85.6 Å². The van der Waals surface area contributed by atoms with Gasteiger partial charge in [-0.1, -0.05) is 19.4 Å². The minimum absolute atomic E-state index is 0.184. The number of hydrogen-bond donors (Lipinski definition) is 2. The molecule has 0 aliphatic heterocycles. The van der Waals surface area contributed by atoms with Gasteiger partial charge >= 0.3 is 0 Å². The van der Waals surface area contributed by atoms with E-state index in [1.165, 1.54) is 0 Å². The number of methoxy groups -OCH3 is 1. The van der Waals surface area contributed by atoms with Crippen molar-refractivity contribution in [3.63, 3.8) is 0 Å². The number of rotatable bonds is 8. The molecule has 1 aromatic heterocycles. The van der Waals surface area contributed by atoms with Crippen molar-refractivity contribution in [2.75, 3.05) is 19.0 Å². The number of anilines is 1. The lowest BCUT2D eigenvalue weighted by molar-refractivity contribution is 0.0977. The summed E-state index contributed by atoms with van der Waals surface area (Å²) in [6.45, 7) is 2.77. The number of oxazole rings is 1. The van der Waals surface area contributed by atoms with Crippen molar-refractivity contribution in [2.45, 2.75) is 19.8 Å². The summed E-state index contributed by atoms with van der Waals surface area (Å²) in [5.74, 6) is 1.64. The van der Waals surface area contributed by atoms with Crippen LogP contribution < -0.4 is 20.1 Å². The fourth-order valence-electron chi connectivity index (χ4n) is 3.26. The van der Waals surface area contributed by atoms with Gasteiger partial charge in [0.2, 0.25) is 5.89 Å². The molecule has 0 saturated heterocycles. The Hall–Kier alpha value is -3.91. The zero-order valence-corrected chi connectivity index (χ0v) is 19.8. The van der Waals surface area contributed by atoms with Gasteiger partial charge in [-0.2, -0.15) is 0 Å². The van der Waals surface area contributed by atoms with Crippen LogP contribution >= 0.6 is 12.2 Å². The van der Waals surface area contributed by atoms with Crippen molar-refractivity contribution in [3.05, 3.63) is 72.3 Å². The fourth-order valence-corrected chi connectivity index (χ4v) is 3.47. The Kier molecular flexibility index (Phi) is 7.39. The number of amides is 1. The van der Waals surface area contributed by atoms with Crippen LogP contribution in [0.15, 0.2) is 71.1 Å². The summed E-state index contributed by atoms with van der Waals surface area (Å²) in [6.07, 6.45) is 2.06. The van der Waals surface area contributed by atoms with Crippen LogP contribution in [0, 0.1) is 0 Å². The fraction of sp³-hybridized carbons (Fsp3) is 0.192. The lowest BCUT2D eigenvalue weighted by Crippen LogP contribution is -2.34. The number of benzene rings is 3. The molecule has 1 amide bonds. The minimum atomic E-state index is -0.305. The second kappa shape index (κ2) is 10.8. The Morgan fingerprint density at radius 1 is 1.06 bits per heavy atom. The van der Waals surface area contributed by atoms with E-state index in [1.807, 2.05) is 36.4 Å². The van der Waals surface area contributed by atoms with Gasteiger partial charge in [0, 0.05) is 16.8 Å². The number of hydrogen-bond acceptors (Lipinski definition) is 6. The predicted molar refractivity (Wildman–Crippen MR) is 137 cm³/mol. The van der Waals surface area contributed by atoms with Crippen molar-refractivity contribution >= 4 is 40.0 Å². The third-order valence-corrected chi connectivity index (χ3v) is 5.28. The van der Waals surface area contributed by atoms with Crippen LogP contribution in [0.1, 0.15) is 30.1 Å². The monoisotopic (exact) mass is 475 g/mol. The van der Waals surface area contributed by atoms with E-state index in [9.17, 15) is 4.79 Å². The molecule has 0 saturated carbocycles. The van der Waals surface area contributed by atoms with Crippen molar-refractivity contribution in [2.24, 2.45) is 0 Å². The Bertz CT molecular complexity index is 1300. The first-order chi connectivity index (χ1) is 16.6. The van der Waals surface area contributed by atoms with Crippen LogP contribution in [0.5, 0.6) is 11.5 Å². The van der Waals surface area contributed by atoms with Gasteiger partial charge in [0.05, 0.1) is 13.7 Å². The van der Waals surface area contributed by atoms with Gasteiger partial charge in [-0.25, -0.2) is 4.98 Å². The van der Waals surface area contributed by atoms with Crippen molar-refractivity contribution in [1.82, 2.24) is 10.3 Å². The van der Waals surface area contributed by atoms with Crippen molar-refractivity contribution in [3.8, 4) is 23.0 Å². The molecule has 4 rings (SSSR count). The molecule has 2 N–H and O–H groups in total. The van der Waals surface area contributed by atoms with Gasteiger partial charge in [0.25, 0.3) is 5.91 Å². The molecule has 8 heteroatoms. The lowest BCUT2D eigenvalue weighted by atomic mass is 10.2. The van der Waals surface area contributed by atoms with E-state index in [2.05, 4.69) is 22.5 Å². The highest BCUT2D eigenvalue weighted by Crippen LogP contribution is 2.28. The molecule has 4 aromatic rings. The lowest BCUT2D eigenvalue weighted by Gasteiger charge is -2.10. The first kappa shape index (κ1) is 23.3. The second-order valence-corrected chi connectivity index (χ2v) is 7.98. The number of carbonyl (C=O) groups excluding carboxylic acids is 1. The Morgan fingerprint density at radius 3 is 2.65 bits per heavy atom. The van der Waals surface area contributed by atoms with E-state index >= 15 is 0 Å². The number of carbonyl (C=O) groups is 1. The molecular formula is C26H25N3O4S. The number of fused-ring (bicyclic) bond motifs is 1. The summed E-state index contributed by atoms with van der Waals surface area (Å²) in [7, 11) is 1.61. The highest BCUT2D eigenvalue weighted by atomic mass is 32.1. The number of thiocarbonyl (C=S) groups is 1. The third kappa shape index (κ3) is 5.71. The van der Waals surface area contributed by atoms with Crippen molar-refractivity contribution < 1.29 is 18.7 Å². The summed E-state index contributed by atoms with van der Waals surface area (Å²) in [5.41, 5.74) is 3.29. The molecule has 1 heterocycles. The van der Waals surface area contributed by atoms with Crippen LogP contribution in [0.3, 0.4) is 0 Å². The average molecular weight is 476 g/mol. The van der Waals surface area contributed by atoms with E-state index in [-0.39, 0.29) is 11.0 Å². The Labute approximate surface area is 203 Å². The molecular weight excluding hydrogens is 450 g/mol. The molecule has 0 aliphatic rings. The molecule has 3 aromatic carbocycles. The first-order valence-electron chi connectivity index (χ1n) is 11.0. The van der Waals surface area contributed by atoms with E-state index < -0.39 is 0 Å². The van der Waals surface area contributed by atoms with Gasteiger partial charge in [-0.3, -0.25) is 10.1 Å². The summed E-state index contributed by atoms with van der Waals surface area (Å²) in [4.78, 5) is 17.1. The van der Waals surface area contributed by atoms with Crippen molar-refractivity contribution in [1.29, 1.82) is 0 Å². The zero-order valence-electron chi connectivity index (χ0n) is 19.0. The van der Waals surface area contributed by atoms with E-state index in [1.54, 1.807) is 37.4 Å². The second-order valence-electron chi connectivity index (χ2n) is 7.57. The summed E-state index contributed by atoms with van der Waals surface area (Å²) < 4.78 is 16.8. The van der Waals surface area contributed by atoms with Gasteiger partial charge in [-0.05, 0) is 79.3 Å². The normalized spacial score (nSPS) is 10.6. The molecule has 7 nitrogen and oxygen atoms in total. The van der Waals surface area contributed by atoms with Gasteiger partial charge < -0.3 is 19.2 Å². The van der Waals surface area contributed by atoms with Crippen LogP contribution in [-0.4, -0.2) is 29.7 Å². The summed E-state index contributed by atoms with van der Waals surface area (Å²) in [6, 6.07) is 19.9. The summed E-state index contributed by atoms with van der Waals surface area (Å²) in [5, 5.41) is 5.90. The predicted octanol–water partition coefficient (Wildman–Crippen LogP) is 5.81. The van der Waals surface area contributed by atoms with Crippen LogP contribution in [0.4, 0.5) is 5.69 Å². The molecule has 0 spiro atoms. The molecule has 34 heavy (non-hydrogen) atoms. The minimum Gasteiger partial charge on any atom is -0.497 e. The molecule has 0 fully saturated rings. The van der Waals surface area contributed by atoms with E-state index in [0.29, 0.717) is 34.8 Å². The maximum absolute atomic E-state index is 12.5. The average Bonchev–Trinajstić information content (AvgIpc) is 3.28. The quantitative estimate of drug-likeness (QED) is 0.246. The standard InChI is InChI=1S/C26H25N3O4S/c1-3-4-14-32-20-11-8-17(9-12-20)24(30)29-26(34)27-19-10-13-23-22(16-19)28-25(33-23)18-6-5-7-21(15-18)31-2/h5-13,15-16H,3-4,14H2,1-2H3,(H2,27,29,30,34). The maximum atomic E-state index is 12.5. The molecule has 0 bridgehead atoms. The van der Waals surface area contributed by atoms with Gasteiger partial charge in [-0.15, -0.1) is 0 Å². The molecule has 0 atom stereocenters. The number of aromatic nitrogens is 1. The first-order valence-corrected chi connectivity index (χ1v) is 11.4. The molecule has 174 valence electrons. The molecule has 0 unspecified atom stereocenters. The number of nitrogens with one attached hydrogen (secondary N) is 2. The molecule has 0 radical (unpaired) electrons. The third-order valence-electron chi connectivity index (χ3n) is 5.07.